The van der Waals surface area contributed by atoms with E-state index < -0.39 is 96.6 Å². The first-order chi connectivity index (χ1) is 30.8. The van der Waals surface area contributed by atoms with E-state index in [-0.39, 0.29) is 54.4 Å². The number of nitrogen functional groups attached to an aromatic ring is 1. The summed E-state index contributed by atoms with van der Waals surface area (Å²) in [5.41, 5.74) is 4.23. The normalized spacial score (nSPS) is 20.6. The average molecular weight is 1020 g/mol. The van der Waals surface area contributed by atoms with Crippen LogP contribution in [0.2, 0.25) is 0 Å². The van der Waals surface area contributed by atoms with Gasteiger partial charge < -0.3 is 61.1 Å². The number of fused-ring (bicyclic) bond motifs is 1. The van der Waals surface area contributed by atoms with Crippen LogP contribution < -0.4 is 16.4 Å². The van der Waals surface area contributed by atoms with Crippen molar-refractivity contribution in [3.8, 4) is 0 Å². The van der Waals surface area contributed by atoms with Crippen molar-refractivity contribution in [2.45, 2.75) is 128 Å². The first-order valence-electron chi connectivity index (χ1n) is 20.8. The maximum Gasteiger partial charge on any atom is 0.481 e. The number of unbranched alkanes of at least 4 members (excludes halogenated alkanes) is 5. The molecule has 1 aliphatic heterocycles. The van der Waals surface area contributed by atoms with Crippen molar-refractivity contribution >= 4 is 75.1 Å². The van der Waals surface area contributed by atoms with Gasteiger partial charge in [-0.3, -0.25) is 37.3 Å². The van der Waals surface area contributed by atoms with Crippen LogP contribution in [0.15, 0.2) is 12.7 Å². The van der Waals surface area contributed by atoms with Gasteiger partial charge in [0.05, 0.1) is 25.6 Å². The number of nitrogens with two attached hydrogens (primary N) is 1. The Balaban J connectivity index is 1.33. The van der Waals surface area contributed by atoms with E-state index in [1.165, 1.54) is 13.8 Å². The van der Waals surface area contributed by atoms with Gasteiger partial charge in [0.15, 0.2) is 22.8 Å². The Morgan fingerprint density at radius 3 is 2.23 bits per heavy atom. The van der Waals surface area contributed by atoms with Crippen LogP contribution in [-0.4, -0.2) is 145 Å². The highest BCUT2D eigenvalue weighted by atomic mass is 32.2. The lowest BCUT2D eigenvalue weighted by Crippen LogP contribution is -2.46. The third kappa shape index (κ3) is 20.3. The number of hydrogen-bond donors (Lipinski definition) is 11. The summed E-state index contributed by atoms with van der Waals surface area (Å²) in [6, 6.07) is 0. The van der Waals surface area contributed by atoms with E-state index >= 15 is 0 Å². The molecule has 66 heavy (non-hydrogen) atoms. The number of carbonyl (C=O) groups is 4. The summed E-state index contributed by atoms with van der Waals surface area (Å²) in [4.78, 5) is 98.7. The molecule has 2 aromatic rings. The van der Waals surface area contributed by atoms with Crippen LogP contribution in [-0.2, 0) is 55.5 Å². The fourth-order valence-electron chi connectivity index (χ4n) is 6.36. The zero-order chi connectivity index (χ0) is 49.3. The lowest BCUT2D eigenvalue weighted by atomic mass is 9.87. The van der Waals surface area contributed by atoms with Gasteiger partial charge in [0.2, 0.25) is 11.8 Å². The van der Waals surface area contributed by atoms with Gasteiger partial charge in [-0.05, 0) is 25.7 Å². The number of imidazole rings is 1. The van der Waals surface area contributed by atoms with Gasteiger partial charge in [-0.25, -0.2) is 28.6 Å². The number of rotatable bonds is 32. The van der Waals surface area contributed by atoms with Crippen molar-refractivity contribution in [2.24, 2.45) is 5.41 Å². The number of aliphatic carboxylic acids is 1. The minimum atomic E-state index is -5.59. The van der Waals surface area contributed by atoms with E-state index in [4.69, 9.17) is 24.6 Å². The van der Waals surface area contributed by atoms with Gasteiger partial charge in [0, 0.05) is 43.5 Å². The number of carbonyl (C=O) groups excluding carboxylic acids is 3. The Kier molecular flexibility index (Phi) is 23.2. The fraction of sp³-hybridized carbons (Fsp3) is 0.743. The molecule has 1 fully saturated rings. The number of nitrogens with zero attached hydrogens (tertiary/aromatic N) is 4. The summed E-state index contributed by atoms with van der Waals surface area (Å²) in [5.74, 6) is -2.01. The maximum absolute atomic E-state index is 12.7. The van der Waals surface area contributed by atoms with Crippen molar-refractivity contribution in [2.75, 3.05) is 37.8 Å². The van der Waals surface area contributed by atoms with Crippen molar-refractivity contribution in [3.63, 3.8) is 0 Å². The lowest BCUT2D eigenvalue weighted by molar-refractivity contribution is -0.137. The number of hydrogen-bond acceptors (Lipinski definition) is 20. The molecule has 2 aromatic heterocycles. The highest BCUT2D eigenvalue weighted by Gasteiger charge is 2.50. The van der Waals surface area contributed by atoms with Gasteiger partial charge in [0.1, 0.15) is 36.3 Å². The average Bonchev–Trinajstić information content (AvgIpc) is 3.78. The standard InChI is InChI=1S/C35H60N7O20P3S/c1-35(2,30(49)33(50)38-15-14-24(44)37-16-17-66-26(47)13-9-11-22(43)10-7-5-3-4-6-8-12-25(45)46)19-59-65(56,57)62-64(54,55)58-18-23-29(61-63(51,52)53)28(48)34(60-23)42-21-41-27-31(36)39-20-40-32(27)42/h20-23,28-30,34,43,48-49H,3-19H2,1-2H3,(H,37,44)(H,38,50)(H,45,46)(H,54,55)(H,56,57)(H2,36,39,40)(H2,51,52,53). The molecule has 0 radical (unpaired) electrons. The fourth-order valence-corrected chi connectivity index (χ4v) is 9.91. The number of thioether (sulfide) groups is 1. The molecule has 8 unspecified atom stereocenters. The largest absolute Gasteiger partial charge is 0.481 e. The topological polar surface area (TPSA) is 421 Å². The lowest BCUT2D eigenvalue weighted by Gasteiger charge is -2.30. The van der Waals surface area contributed by atoms with Crippen LogP contribution in [0.25, 0.3) is 11.2 Å². The van der Waals surface area contributed by atoms with E-state index in [2.05, 4.69) is 34.4 Å². The first-order valence-corrected chi connectivity index (χ1v) is 26.3. The number of carboxylic acids is 1. The van der Waals surface area contributed by atoms with Crippen LogP contribution in [0.3, 0.4) is 0 Å². The van der Waals surface area contributed by atoms with Gasteiger partial charge in [-0.15, -0.1) is 0 Å². The molecule has 2 amide bonds. The van der Waals surface area contributed by atoms with Gasteiger partial charge >= 0.3 is 29.4 Å². The molecule has 8 atom stereocenters. The molecule has 0 spiro atoms. The molecular formula is C35H60N7O20P3S. The third-order valence-corrected chi connectivity index (χ3v) is 13.9. The molecule has 31 heteroatoms. The predicted molar refractivity (Wildman–Crippen MR) is 232 cm³/mol. The zero-order valence-electron chi connectivity index (χ0n) is 36.2. The van der Waals surface area contributed by atoms with Crippen molar-refractivity contribution in [3.05, 3.63) is 12.7 Å². The van der Waals surface area contributed by atoms with E-state index in [9.17, 15) is 67.8 Å². The molecule has 0 aliphatic carbocycles. The minimum absolute atomic E-state index is 0.0221. The number of aliphatic hydroxyl groups is 3. The number of carboxylic acid groups (broad SMARTS) is 1. The van der Waals surface area contributed by atoms with Crippen molar-refractivity contribution < 1.29 is 95.5 Å². The number of anilines is 1. The SMILES string of the molecule is CC(C)(COP(=O)(O)OP(=O)(O)OCC1OC(n2cnc3c(N)ncnc32)C(O)C1OP(=O)(O)O)C(O)C(=O)NCCC(=O)NCCSC(=O)CCCC(O)CCCCCCCCC(=O)O. The number of phosphoric ester groups is 3. The molecule has 27 nitrogen and oxygen atoms in total. The van der Waals surface area contributed by atoms with E-state index in [1.54, 1.807) is 0 Å². The summed E-state index contributed by atoms with van der Waals surface area (Å²) in [5, 5.41) is 45.2. The van der Waals surface area contributed by atoms with Crippen molar-refractivity contribution in [1.82, 2.24) is 30.2 Å². The number of phosphoric acid groups is 3. The summed E-state index contributed by atoms with van der Waals surface area (Å²) in [7, 11) is -16.5. The molecule has 12 N–H and O–H groups in total. The molecule has 0 aromatic carbocycles. The van der Waals surface area contributed by atoms with Crippen LogP contribution in [0.5, 0.6) is 0 Å². The number of ether oxygens (including phenoxy) is 1. The van der Waals surface area contributed by atoms with Crippen LogP contribution in [0.1, 0.15) is 97.1 Å². The van der Waals surface area contributed by atoms with E-state index in [0.29, 0.717) is 31.4 Å². The Morgan fingerprint density at radius 2 is 1.55 bits per heavy atom. The smallest absolute Gasteiger partial charge is 0.481 e. The summed E-state index contributed by atoms with van der Waals surface area (Å²) < 4.78 is 62.3. The molecule has 0 saturated carbocycles. The van der Waals surface area contributed by atoms with Crippen molar-refractivity contribution in [1.29, 1.82) is 0 Å². The minimum Gasteiger partial charge on any atom is -0.481 e. The number of aliphatic hydroxyl groups excluding tert-OH is 3. The Bertz CT molecular complexity index is 2060. The first kappa shape index (κ1) is 57.3. The molecule has 1 saturated heterocycles. The monoisotopic (exact) mass is 1020 g/mol. The van der Waals surface area contributed by atoms with Gasteiger partial charge in [-0.2, -0.15) is 4.31 Å². The van der Waals surface area contributed by atoms with Crippen LogP contribution >= 0.6 is 35.2 Å². The highest BCUT2D eigenvalue weighted by Crippen LogP contribution is 2.61. The molecule has 1 aliphatic rings. The molecular weight excluding hydrogens is 963 g/mol. The van der Waals surface area contributed by atoms with E-state index in [1.807, 2.05) is 0 Å². The molecule has 3 rings (SSSR count). The van der Waals surface area contributed by atoms with Crippen LogP contribution in [0.4, 0.5) is 5.82 Å². The van der Waals surface area contributed by atoms with Gasteiger partial charge in [-0.1, -0.05) is 57.7 Å². The second-order valence-electron chi connectivity index (χ2n) is 15.9. The summed E-state index contributed by atoms with van der Waals surface area (Å²) in [6.45, 7) is 0.361. The Labute approximate surface area is 383 Å². The summed E-state index contributed by atoms with van der Waals surface area (Å²) >= 11 is 1.04. The predicted octanol–water partition coefficient (Wildman–Crippen LogP) is 1.40. The Hall–Kier alpha value is -3.01. The van der Waals surface area contributed by atoms with E-state index in [0.717, 1.165) is 61.1 Å². The second-order valence-corrected chi connectivity index (χ2v) is 21.3. The molecule has 376 valence electrons. The number of amides is 2. The third-order valence-electron chi connectivity index (χ3n) is 9.86. The van der Waals surface area contributed by atoms with Crippen LogP contribution in [0, 0.1) is 5.41 Å². The molecule has 0 bridgehead atoms. The number of nitrogens with one attached hydrogen (secondary N) is 2. The summed E-state index contributed by atoms with van der Waals surface area (Å²) in [6.07, 6.45) is -0.175. The second kappa shape index (κ2) is 26.7. The molecule has 3 heterocycles. The number of aromatic nitrogens is 4. The highest BCUT2D eigenvalue weighted by molar-refractivity contribution is 8.13. The Morgan fingerprint density at radius 1 is 0.894 bits per heavy atom. The maximum atomic E-state index is 12.7. The zero-order valence-corrected chi connectivity index (χ0v) is 39.7. The van der Waals surface area contributed by atoms with Gasteiger partial charge in [0.25, 0.3) is 0 Å². The quantitative estimate of drug-likeness (QED) is 0.0364.